The van der Waals surface area contributed by atoms with Gasteiger partial charge in [0.1, 0.15) is 18.2 Å². The van der Waals surface area contributed by atoms with Crippen molar-refractivity contribution in [2.75, 3.05) is 6.61 Å². The van der Waals surface area contributed by atoms with Gasteiger partial charge in [0, 0.05) is 17.7 Å². The number of hydrogen-bond donors (Lipinski definition) is 1. The number of nitro benzene ring substituents is 1. The number of allylic oxidation sites excluding steroid dienone is 1. The second-order valence-corrected chi connectivity index (χ2v) is 8.42. The van der Waals surface area contributed by atoms with E-state index in [1.165, 1.54) is 18.2 Å². The molecule has 0 fully saturated rings. The molecule has 1 N–H and O–H groups in total. The van der Waals surface area contributed by atoms with Crippen LogP contribution in [0.2, 0.25) is 0 Å². The lowest BCUT2D eigenvalue weighted by atomic mass is 10.0. The summed E-state index contributed by atoms with van der Waals surface area (Å²) in [5, 5.41) is 23.5. The number of carbonyl (C=O) groups excluding carboxylic acids is 1. The summed E-state index contributed by atoms with van der Waals surface area (Å²) in [4.78, 5) is 23.3. The third-order valence-corrected chi connectivity index (χ3v) is 5.67. The predicted octanol–water partition coefficient (Wildman–Crippen LogP) is 6.09. The number of benzene rings is 3. The molecule has 3 aromatic rings. The molecule has 1 atom stereocenters. The smallest absolute Gasteiger partial charge is 0.269 e. The highest BCUT2D eigenvalue weighted by Crippen LogP contribution is 2.35. The van der Waals surface area contributed by atoms with E-state index in [1.807, 2.05) is 56.3 Å². The van der Waals surface area contributed by atoms with Gasteiger partial charge in [-0.1, -0.05) is 36.4 Å². The average molecular weight is 512 g/mol. The summed E-state index contributed by atoms with van der Waals surface area (Å²) in [7, 11) is 0. The van der Waals surface area contributed by atoms with Crippen LogP contribution in [0, 0.1) is 21.4 Å². The molecular formula is C30H29N3O5. The number of non-ortho nitro benzene ring substituents is 1. The van der Waals surface area contributed by atoms with Gasteiger partial charge >= 0.3 is 0 Å². The van der Waals surface area contributed by atoms with Crippen LogP contribution in [0.25, 0.3) is 6.08 Å². The summed E-state index contributed by atoms with van der Waals surface area (Å²) >= 11 is 0. The van der Waals surface area contributed by atoms with Crippen molar-refractivity contribution < 1.29 is 19.2 Å². The molecule has 0 saturated carbocycles. The van der Waals surface area contributed by atoms with Gasteiger partial charge in [-0.3, -0.25) is 14.9 Å². The number of nitrogens with one attached hydrogen (secondary N) is 1. The molecule has 0 spiro atoms. The molecule has 8 heteroatoms. The van der Waals surface area contributed by atoms with Gasteiger partial charge in [-0.25, -0.2) is 0 Å². The van der Waals surface area contributed by atoms with Crippen LogP contribution in [-0.4, -0.2) is 17.4 Å². The van der Waals surface area contributed by atoms with Gasteiger partial charge < -0.3 is 14.8 Å². The van der Waals surface area contributed by atoms with Crippen LogP contribution < -0.4 is 14.8 Å². The Labute approximate surface area is 222 Å². The number of nitro groups is 1. The normalized spacial score (nSPS) is 11.7. The number of amides is 1. The van der Waals surface area contributed by atoms with Crippen molar-refractivity contribution in [2.24, 2.45) is 0 Å². The maximum atomic E-state index is 12.9. The number of nitrogens with zero attached hydrogens (tertiary/aromatic N) is 2. The van der Waals surface area contributed by atoms with Gasteiger partial charge in [0.2, 0.25) is 0 Å². The first-order valence-corrected chi connectivity index (χ1v) is 12.1. The maximum absolute atomic E-state index is 12.9. The fourth-order valence-electron chi connectivity index (χ4n) is 3.78. The molecule has 0 aliphatic rings. The number of rotatable bonds is 12. The van der Waals surface area contributed by atoms with Crippen molar-refractivity contribution in [3.63, 3.8) is 0 Å². The first-order chi connectivity index (χ1) is 18.4. The van der Waals surface area contributed by atoms with E-state index < -0.39 is 10.8 Å². The maximum Gasteiger partial charge on any atom is 0.269 e. The molecule has 0 aromatic heterocycles. The molecular weight excluding hydrogens is 482 g/mol. The Morgan fingerprint density at radius 1 is 1.16 bits per heavy atom. The van der Waals surface area contributed by atoms with Crippen LogP contribution in [0.3, 0.4) is 0 Å². The Hall–Kier alpha value is -4.90. The largest absolute Gasteiger partial charge is 0.490 e. The minimum absolute atomic E-state index is 0.00254. The first kappa shape index (κ1) is 27.7. The molecule has 38 heavy (non-hydrogen) atoms. The monoisotopic (exact) mass is 511 g/mol. The minimum Gasteiger partial charge on any atom is -0.490 e. The second kappa shape index (κ2) is 13.4. The van der Waals surface area contributed by atoms with E-state index in [4.69, 9.17) is 9.47 Å². The summed E-state index contributed by atoms with van der Waals surface area (Å²) in [5.41, 5.74) is 3.01. The SMILES string of the molecule is C=CCc1cc(/C=C(/C#N)C(=O)N[C@H](C)c2ccccc2)cc(OCC)c1OCc1ccc([N+](=O)[O-])cc1. The van der Waals surface area contributed by atoms with Gasteiger partial charge in [0.15, 0.2) is 11.5 Å². The van der Waals surface area contributed by atoms with Crippen LogP contribution in [0.15, 0.2) is 85.0 Å². The van der Waals surface area contributed by atoms with Gasteiger partial charge in [-0.15, -0.1) is 6.58 Å². The Kier molecular flexibility index (Phi) is 9.78. The van der Waals surface area contributed by atoms with Crippen molar-refractivity contribution in [3.8, 4) is 17.6 Å². The Balaban J connectivity index is 1.88. The van der Waals surface area contributed by atoms with Crippen LogP contribution >= 0.6 is 0 Å². The van der Waals surface area contributed by atoms with E-state index in [1.54, 1.807) is 24.3 Å². The molecule has 0 aliphatic carbocycles. The van der Waals surface area contributed by atoms with Crippen molar-refractivity contribution in [3.05, 3.63) is 117 Å². The summed E-state index contributed by atoms with van der Waals surface area (Å²) in [6.07, 6.45) is 3.69. The van der Waals surface area contributed by atoms with Crippen molar-refractivity contribution in [1.29, 1.82) is 5.26 Å². The predicted molar refractivity (Wildman–Crippen MR) is 146 cm³/mol. The Morgan fingerprint density at radius 2 is 1.87 bits per heavy atom. The van der Waals surface area contributed by atoms with E-state index >= 15 is 0 Å². The lowest BCUT2D eigenvalue weighted by molar-refractivity contribution is -0.384. The number of ether oxygens (including phenoxy) is 2. The second-order valence-electron chi connectivity index (χ2n) is 8.42. The molecule has 8 nitrogen and oxygen atoms in total. The number of carbonyl (C=O) groups is 1. The number of nitriles is 1. The van der Waals surface area contributed by atoms with Gasteiger partial charge in [0.05, 0.1) is 17.6 Å². The highest BCUT2D eigenvalue weighted by atomic mass is 16.6. The molecule has 0 saturated heterocycles. The zero-order valence-corrected chi connectivity index (χ0v) is 21.3. The van der Waals surface area contributed by atoms with Crippen LogP contribution in [0.4, 0.5) is 5.69 Å². The summed E-state index contributed by atoms with van der Waals surface area (Å²) in [6, 6.07) is 20.9. The fourth-order valence-corrected chi connectivity index (χ4v) is 3.78. The topological polar surface area (TPSA) is 114 Å². The Bertz CT molecular complexity index is 1360. The lowest BCUT2D eigenvalue weighted by Crippen LogP contribution is -2.27. The highest BCUT2D eigenvalue weighted by molar-refractivity contribution is 6.02. The highest BCUT2D eigenvalue weighted by Gasteiger charge is 2.17. The third kappa shape index (κ3) is 7.31. The zero-order valence-electron chi connectivity index (χ0n) is 21.3. The molecule has 3 rings (SSSR count). The summed E-state index contributed by atoms with van der Waals surface area (Å²) in [6.45, 7) is 8.06. The third-order valence-electron chi connectivity index (χ3n) is 5.67. The van der Waals surface area contributed by atoms with Gasteiger partial charge in [-0.05, 0) is 67.3 Å². The van der Waals surface area contributed by atoms with Crippen molar-refractivity contribution >= 4 is 17.7 Å². The van der Waals surface area contributed by atoms with E-state index in [2.05, 4.69) is 11.9 Å². The van der Waals surface area contributed by atoms with Gasteiger partial charge in [-0.2, -0.15) is 5.26 Å². The first-order valence-electron chi connectivity index (χ1n) is 12.1. The molecule has 3 aromatic carbocycles. The van der Waals surface area contributed by atoms with Crippen LogP contribution in [0.5, 0.6) is 11.5 Å². The standard InChI is InChI=1S/C30H29N3O5/c1-4-9-25-16-23(17-26(19-31)30(34)32-21(3)24-10-7-6-8-11-24)18-28(37-5-2)29(25)38-20-22-12-14-27(15-13-22)33(35)36/h4,6-8,10-18,21H,1,5,9,20H2,2-3H3,(H,32,34)/b26-17-/t21-/m1/s1. The molecule has 0 heterocycles. The minimum atomic E-state index is -0.481. The van der Waals surface area contributed by atoms with Gasteiger partial charge in [0.25, 0.3) is 11.6 Å². The quantitative estimate of drug-likeness (QED) is 0.104. The molecule has 0 bridgehead atoms. The van der Waals surface area contributed by atoms with Crippen LogP contribution in [-0.2, 0) is 17.8 Å². The number of hydrogen-bond acceptors (Lipinski definition) is 6. The van der Waals surface area contributed by atoms with E-state index in [9.17, 15) is 20.2 Å². The Morgan fingerprint density at radius 3 is 2.47 bits per heavy atom. The van der Waals surface area contributed by atoms with Crippen molar-refractivity contribution in [1.82, 2.24) is 5.32 Å². The average Bonchev–Trinajstić information content (AvgIpc) is 2.92. The molecule has 0 radical (unpaired) electrons. The molecule has 0 aliphatic heterocycles. The van der Waals surface area contributed by atoms with Crippen LogP contribution in [0.1, 0.15) is 42.1 Å². The van der Waals surface area contributed by atoms with Crippen molar-refractivity contribution in [2.45, 2.75) is 32.9 Å². The summed E-state index contributed by atoms with van der Waals surface area (Å²) in [5.74, 6) is 0.476. The van der Waals surface area contributed by atoms with E-state index in [-0.39, 0.29) is 23.9 Å². The van der Waals surface area contributed by atoms with E-state index in [0.717, 1.165) is 16.7 Å². The molecule has 194 valence electrons. The fraction of sp³-hybridized carbons (Fsp3) is 0.200. The molecule has 0 unspecified atom stereocenters. The summed E-state index contributed by atoms with van der Waals surface area (Å²) < 4.78 is 11.9. The lowest BCUT2D eigenvalue weighted by Gasteiger charge is -2.17. The molecule has 1 amide bonds. The van der Waals surface area contributed by atoms with E-state index in [0.29, 0.717) is 30.1 Å². The zero-order chi connectivity index (χ0) is 27.5.